The van der Waals surface area contributed by atoms with Crippen molar-refractivity contribution in [3.63, 3.8) is 0 Å². The van der Waals surface area contributed by atoms with Crippen molar-refractivity contribution in [2.24, 2.45) is 11.8 Å². The van der Waals surface area contributed by atoms with Gasteiger partial charge in [0.1, 0.15) is 0 Å². The van der Waals surface area contributed by atoms with Gasteiger partial charge in [-0.05, 0) is 57.4 Å². The molecule has 0 atom stereocenters. The number of hydrogen-bond donors (Lipinski definition) is 0. The van der Waals surface area contributed by atoms with E-state index in [1.54, 1.807) is 0 Å². The van der Waals surface area contributed by atoms with Crippen molar-refractivity contribution in [3.05, 3.63) is 0 Å². The van der Waals surface area contributed by atoms with Gasteiger partial charge in [-0.2, -0.15) is 0 Å². The molecule has 0 aromatic rings. The lowest BCUT2D eigenvalue weighted by atomic mass is 9.73. The zero-order valence-electron chi connectivity index (χ0n) is 14.1. The van der Waals surface area contributed by atoms with E-state index in [1.807, 2.05) is 0 Å². The van der Waals surface area contributed by atoms with Crippen LogP contribution in [0.3, 0.4) is 0 Å². The van der Waals surface area contributed by atoms with Crippen molar-refractivity contribution in [2.75, 3.05) is 39.8 Å². The summed E-state index contributed by atoms with van der Waals surface area (Å²) < 4.78 is 6.36. The highest BCUT2D eigenvalue weighted by molar-refractivity contribution is 4.83. The Morgan fingerprint density at radius 3 is 2.00 bits per heavy atom. The molecule has 0 unspecified atom stereocenters. The van der Waals surface area contributed by atoms with E-state index in [2.05, 4.69) is 23.8 Å². The minimum atomic E-state index is 0.537. The van der Waals surface area contributed by atoms with Crippen LogP contribution < -0.4 is 0 Å². The van der Waals surface area contributed by atoms with Crippen LogP contribution in [0.1, 0.15) is 51.9 Å². The maximum atomic E-state index is 6.36. The van der Waals surface area contributed by atoms with Crippen LogP contribution in [0.4, 0.5) is 0 Å². The fourth-order valence-corrected chi connectivity index (χ4v) is 4.34. The standard InChI is InChI=1S/C18H34N2O/c1-3-15-12-16(13-15)14-20-10-6-18(7-11-20)21-17-4-8-19(2)9-5-17/h15-18H,3-14H2,1-2H3. The molecule has 0 aromatic carbocycles. The lowest BCUT2D eigenvalue weighted by Crippen LogP contribution is -2.44. The first kappa shape index (κ1) is 15.8. The van der Waals surface area contributed by atoms with E-state index in [9.17, 15) is 0 Å². The van der Waals surface area contributed by atoms with Crippen molar-refractivity contribution >= 4 is 0 Å². The highest BCUT2D eigenvalue weighted by atomic mass is 16.5. The molecule has 3 nitrogen and oxygen atoms in total. The third-order valence-electron chi connectivity index (χ3n) is 6.01. The zero-order valence-corrected chi connectivity index (χ0v) is 14.1. The average Bonchev–Trinajstić information content (AvgIpc) is 2.46. The Kier molecular flexibility index (Phi) is 5.58. The van der Waals surface area contributed by atoms with Crippen LogP contribution in [-0.2, 0) is 4.74 Å². The van der Waals surface area contributed by atoms with E-state index in [-0.39, 0.29) is 0 Å². The molecule has 3 aliphatic rings. The van der Waals surface area contributed by atoms with Gasteiger partial charge in [-0.1, -0.05) is 13.3 Å². The van der Waals surface area contributed by atoms with Gasteiger partial charge in [0.25, 0.3) is 0 Å². The fourth-order valence-electron chi connectivity index (χ4n) is 4.34. The highest BCUT2D eigenvalue weighted by Crippen LogP contribution is 2.36. The lowest BCUT2D eigenvalue weighted by Gasteiger charge is -2.41. The Bertz CT molecular complexity index is 300. The van der Waals surface area contributed by atoms with Crippen LogP contribution in [0.25, 0.3) is 0 Å². The van der Waals surface area contributed by atoms with Gasteiger partial charge in [0, 0.05) is 32.7 Å². The molecule has 2 heterocycles. The smallest absolute Gasteiger partial charge is 0.0603 e. The third kappa shape index (κ3) is 4.43. The van der Waals surface area contributed by atoms with E-state index in [4.69, 9.17) is 4.74 Å². The van der Waals surface area contributed by atoms with Gasteiger partial charge in [-0.3, -0.25) is 0 Å². The van der Waals surface area contributed by atoms with Crippen LogP contribution in [0.15, 0.2) is 0 Å². The molecule has 1 saturated carbocycles. The minimum absolute atomic E-state index is 0.537. The van der Waals surface area contributed by atoms with Gasteiger partial charge < -0.3 is 14.5 Å². The van der Waals surface area contributed by atoms with Crippen molar-refractivity contribution in [3.8, 4) is 0 Å². The average molecular weight is 294 g/mol. The summed E-state index contributed by atoms with van der Waals surface area (Å²) in [4.78, 5) is 5.12. The van der Waals surface area contributed by atoms with Crippen LogP contribution in [0.2, 0.25) is 0 Å². The number of nitrogens with zero attached hydrogens (tertiary/aromatic N) is 2. The maximum absolute atomic E-state index is 6.36. The normalized spacial score (nSPS) is 34.0. The van der Waals surface area contributed by atoms with E-state index in [0.717, 1.165) is 11.8 Å². The second-order valence-corrected chi connectivity index (χ2v) is 7.75. The second kappa shape index (κ2) is 7.43. The van der Waals surface area contributed by atoms with Gasteiger partial charge in [-0.15, -0.1) is 0 Å². The molecule has 2 aliphatic heterocycles. The monoisotopic (exact) mass is 294 g/mol. The Hall–Kier alpha value is -0.120. The molecule has 3 rings (SSSR count). The van der Waals surface area contributed by atoms with Crippen molar-refractivity contribution < 1.29 is 4.74 Å². The molecule has 0 spiro atoms. The largest absolute Gasteiger partial charge is 0.375 e. The molecule has 122 valence electrons. The molecule has 0 N–H and O–H groups in total. The summed E-state index contributed by atoms with van der Waals surface area (Å²) in [5.41, 5.74) is 0. The highest BCUT2D eigenvalue weighted by Gasteiger charge is 2.31. The Labute approximate surface area is 131 Å². The van der Waals surface area contributed by atoms with Crippen molar-refractivity contribution in [1.82, 2.24) is 9.80 Å². The number of piperidine rings is 2. The van der Waals surface area contributed by atoms with Crippen LogP contribution in [-0.4, -0.2) is 61.8 Å². The molecule has 21 heavy (non-hydrogen) atoms. The summed E-state index contributed by atoms with van der Waals surface area (Å²) in [6, 6.07) is 0. The minimum Gasteiger partial charge on any atom is -0.375 e. The SMILES string of the molecule is CCC1CC(CN2CCC(OC3CCN(C)CC3)CC2)C1. The van der Waals surface area contributed by atoms with Crippen LogP contribution in [0, 0.1) is 11.8 Å². The predicted molar refractivity (Wildman–Crippen MR) is 87.6 cm³/mol. The van der Waals surface area contributed by atoms with E-state index in [1.165, 1.54) is 77.7 Å². The van der Waals surface area contributed by atoms with E-state index >= 15 is 0 Å². The molecule has 3 fully saturated rings. The van der Waals surface area contributed by atoms with Crippen LogP contribution in [0.5, 0.6) is 0 Å². The molecular weight excluding hydrogens is 260 g/mol. The molecule has 0 amide bonds. The molecule has 0 aromatic heterocycles. The summed E-state index contributed by atoms with van der Waals surface area (Å²) in [6.07, 6.45) is 10.4. The number of hydrogen-bond acceptors (Lipinski definition) is 3. The van der Waals surface area contributed by atoms with E-state index in [0.29, 0.717) is 12.2 Å². The summed E-state index contributed by atoms with van der Waals surface area (Å²) in [5, 5.41) is 0. The van der Waals surface area contributed by atoms with Gasteiger partial charge in [0.05, 0.1) is 12.2 Å². The molecule has 3 heteroatoms. The first-order chi connectivity index (χ1) is 10.2. The van der Waals surface area contributed by atoms with Crippen molar-refractivity contribution in [2.45, 2.75) is 64.1 Å². The van der Waals surface area contributed by atoms with Gasteiger partial charge in [0.2, 0.25) is 0 Å². The molecule has 0 bridgehead atoms. The summed E-state index contributed by atoms with van der Waals surface area (Å²) >= 11 is 0. The van der Waals surface area contributed by atoms with Gasteiger partial charge in [-0.25, -0.2) is 0 Å². The number of ether oxygens (including phenoxy) is 1. The molecule has 2 saturated heterocycles. The maximum Gasteiger partial charge on any atom is 0.0603 e. The quantitative estimate of drug-likeness (QED) is 0.775. The molecule has 1 aliphatic carbocycles. The third-order valence-corrected chi connectivity index (χ3v) is 6.01. The van der Waals surface area contributed by atoms with E-state index < -0.39 is 0 Å². The first-order valence-corrected chi connectivity index (χ1v) is 9.29. The Balaban J connectivity index is 1.30. The number of likely N-dealkylation sites (tertiary alicyclic amines) is 2. The summed E-state index contributed by atoms with van der Waals surface area (Å²) in [6.45, 7) is 8.66. The number of rotatable bonds is 5. The van der Waals surface area contributed by atoms with Crippen LogP contribution >= 0.6 is 0 Å². The second-order valence-electron chi connectivity index (χ2n) is 7.75. The molecule has 0 radical (unpaired) electrons. The van der Waals surface area contributed by atoms with Gasteiger partial charge >= 0.3 is 0 Å². The summed E-state index contributed by atoms with van der Waals surface area (Å²) in [5.74, 6) is 2.04. The topological polar surface area (TPSA) is 15.7 Å². The lowest BCUT2D eigenvalue weighted by molar-refractivity contribution is -0.0655. The fraction of sp³-hybridized carbons (Fsp3) is 1.00. The van der Waals surface area contributed by atoms with Crippen molar-refractivity contribution in [1.29, 1.82) is 0 Å². The molecular formula is C18H34N2O. The predicted octanol–water partition coefficient (Wildman–Crippen LogP) is 3.00. The Morgan fingerprint density at radius 1 is 0.857 bits per heavy atom. The first-order valence-electron chi connectivity index (χ1n) is 9.29. The van der Waals surface area contributed by atoms with Gasteiger partial charge in [0.15, 0.2) is 0 Å². The summed E-state index contributed by atoms with van der Waals surface area (Å²) in [7, 11) is 2.22. The zero-order chi connectivity index (χ0) is 14.7. The Morgan fingerprint density at radius 2 is 1.43 bits per heavy atom.